The van der Waals surface area contributed by atoms with Crippen LogP contribution in [0.2, 0.25) is 5.02 Å². The van der Waals surface area contributed by atoms with E-state index >= 15 is 0 Å². The molecule has 0 saturated carbocycles. The summed E-state index contributed by atoms with van der Waals surface area (Å²) in [6, 6.07) is 6.41. The standard InChI is InChI=1S/C15H20ClN3O2/c1-11(2)10-21-7-3-6-18-15(20)19-13-5-4-12(9-17)14(16)8-13/h4-5,8,11H,3,6-7,10H2,1-2H3,(H2,18,19,20). The summed E-state index contributed by atoms with van der Waals surface area (Å²) in [6.45, 7) is 6.08. The van der Waals surface area contributed by atoms with Gasteiger partial charge in [-0.3, -0.25) is 0 Å². The van der Waals surface area contributed by atoms with E-state index in [-0.39, 0.29) is 6.03 Å². The number of anilines is 1. The number of benzene rings is 1. The number of hydrogen-bond donors (Lipinski definition) is 2. The summed E-state index contributed by atoms with van der Waals surface area (Å²) in [5.41, 5.74) is 0.928. The number of amides is 2. The second-order valence-corrected chi connectivity index (χ2v) is 5.42. The van der Waals surface area contributed by atoms with Gasteiger partial charge in [-0.15, -0.1) is 0 Å². The zero-order chi connectivity index (χ0) is 15.7. The van der Waals surface area contributed by atoms with Crippen LogP contribution in [0.1, 0.15) is 25.8 Å². The SMILES string of the molecule is CC(C)COCCCNC(=O)Nc1ccc(C#N)c(Cl)c1. The molecular formula is C15H20ClN3O2. The zero-order valence-corrected chi connectivity index (χ0v) is 13.0. The predicted octanol–water partition coefficient (Wildman–Crippen LogP) is 3.40. The van der Waals surface area contributed by atoms with Gasteiger partial charge in [0, 0.05) is 25.4 Å². The quantitative estimate of drug-likeness (QED) is 0.758. The summed E-state index contributed by atoms with van der Waals surface area (Å²) in [5.74, 6) is 0.516. The van der Waals surface area contributed by atoms with Crippen molar-refractivity contribution in [2.75, 3.05) is 25.1 Å². The van der Waals surface area contributed by atoms with Crippen LogP contribution in [0, 0.1) is 17.2 Å². The number of ether oxygens (including phenoxy) is 1. The lowest BCUT2D eigenvalue weighted by molar-refractivity contribution is 0.108. The molecule has 114 valence electrons. The van der Waals surface area contributed by atoms with Crippen LogP contribution in [0.4, 0.5) is 10.5 Å². The molecule has 0 aliphatic heterocycles. The lowest BCUT2D eigenvalue weighted by Gasteiger charge is -2.09. The third kappa shape index (κ3) is 6.98. The van der Waals surface area contributed by atoms with Gasteiger partial charge in [0.2, 0.25) is 0 Å². The van der Waals surface area contributed by atoms with Gasteiger partial charge in [-0.1, -0.05) is 25.4 Å². The Labute approximate surface area is 130 Å². The first kappa shape index (κ1) is 17.3. The molecule has 6 heteroatoms. The summed E-state index contributed by atoms with van der Waals surface area (Å²) in [5, 5.41) is 14.5. The van der Waals surface area contributed by atoms with Gasteiger partial charge in [0.05, 0.1) is 10.6 Å². The van der Waals surface area contributed by atoms with Gasteiger partial charge < -0.3 is 15.4 Å². The maximum Gasteiger partial charge on any atom is 0.319 e. The average Bonchev–Trinajstić information content (AvgIpc) is 2.42. The number of nitrogens with one attached hydrogen (secondary N) is 2. The number of hydrogen-bond acceptors (Lipinski definition) is 3. The second-order valence-electron chi connectivity index (χ2n) is 5.01. The minimum absolute atomic E-state index is 0.306. The third-order valence-corrected chi connectivity index (χ3v) is 2.86. The lowest BCUT2D eigenvalue weighted by Crippen LogP contribution is -2.30. The van der Waals surface area contributed by atoms with Crippen LogP contribution in [0.3, 0.4) is 0 Å². The minimum atomic E-state index is -0.306. The summed E-state index contributed by atoms with van der Waals surface area (Å²) in [4.78, 5) is 11.6. The van der Waals surface area contributed by atoms with E-state index in [2.05, 4.69) is 24.5 Å². The summed E-state index contributed by atoms with van der Waals surface area (Å²) >= 11 is 5.89. The molecule has 21 heavy (non-hydrogen) atoms. The van der Waals surface area contributed by atoms with Crippen molar-refractivity contribution in [3.63, 3.8) is 0 Å². The lowest BCUT2D eigenvalue weighted by atomic mass is 10.2. The Morgan fingerprint density at radius 1 is 1.48 bits per heavy atom. The van der Waals surface area contributed by atoms with Gasteiger partial charge in [-0.2, -0.15) is 5.26 Å². The van der Waals surface area contributed by atoms with Gasteiger partial charge in [0.1, 0.15) is 6.07 Å². The molecule has 0 radical (unpaired) electrons. The molecule has 0 heterocycles. The molecule has 0 unspecified atom stereocenters. The third-order valence-electron chi connectivity index (χ3n) is 2.55. The highest BCUT2D eigenvalue weighted by atomic mass is 35.5. The zero-order valence-electron chi connectivity index (χ0n) is 12.3. The molecule has 0 aliphatic carbocycles. The highest BCUT2D eigenvalue weighted by molar-refractivity contribution is 6.32. The fourth-order valence-corrected chi connectivity index (χ4v) is 1.78. The monoisotopic (exact) mass is 309 g/mol. The van der Waals surface area contributed by atoms with Crippen LogP contribution in [-0.2, 0) is 4.74 Å². The van der Waals surface area contributed by atoms with Crippen molar-refractivity contribution >= 4 is 23.3 Å². The van der Waals surface area contributed by atoms with Crippen molar-refractivity contribution < 1.29 is 9.53 Å². The number of carbonyl (C=O) groups is 1. The van der Waals surface area contributed by atoms with E-state index in [0.29, 0.717) is 35.3 Å². The van der Waals surface area contributed by atoms with Crippen molar-refractivity contribution in [3.05, 3.63) is 28.8 Å². The van der Waals surface area contributed by atoms with Crippen molar-refractivity contribution in [3.8, 4) is 6.07 Å². The van der Waals surface area contributed by atoms with E-state index in [1.54, 1.807) is 18.2 Å². The predicted molar refractivity (Wildman–Crippen MR) is 83.5 cm³/mol. The van der Waals surface area contributed by atoms with Crippen LogP contribution in [0.25, 0.3) is 0 Å². The van der Waals surface area contributed by atoms with E-state index in [1.807, 2.05) is 6.07 Å². The molecule has 0 aromatic heterocycles. The maximum atomic E-state index is 11.6. The fourth-order valence-electron chi connectivity index (χ4n) is 1.55. The molecule has 0 saturated heterocycles. The smallest absolute Gasteiger partial charge is 0.319 e. The van der Waals surface area contributed by atoms with Gasteiger partial charge in [0.25, 0.3) is 0 Å². The van der Waals surface area contributed by atoms with Crippen LogP contribution in [0.15, 0.2) is 18.2 Å². The van der Waals surface area contributed by atoms with E-state index in [4.69, 9.17) is 21.6 Å². The molecule has 0 aliphatic rings. The molecule has 1 aromatic rings. The molecule has 1 aromatic carbocycles. The Morgan fingerprint density at radius 2 is 2.24 bits per heavy atom. The van der Waals surface area contributed by atoms with E-state index in [9.17, 15) is 4.79 Å². The second kappa shape index (κ2) is 9.22. The van der Waals surface area contributed by atoms with E-state index in [1.165, 1.54) is 0 Å². The minimum Gasteiger partial charge on any atom is -0.381 e. The Kier molecular flexibility index (Phi) is 7.59. The molecule has 2 N–H and O–H groups in total. The topological polar surface area (TPSA) is 74.2 Å². The van der Waals surface area contributed by atoms with Crippen molar-refractivity contribution in [1.82, 2.24) is 5.32 Å². The van der Waals surface area contributed by atoms with Crippen LogP contribution >= 0.6 is 11.6 Å². The maximum absolute atomic E-state index is 11.6. The van der Waals surface area contributed by atoms with Gasteiger partial charge in [-0.25, -0.2) is 4.79 Å². The van der Waals surface area contributed by atoms with Gasteiger partial charge in [0.15, 0.2) is 0 Å². The van der Waals surface area contributed by atoms with Crippen LogP contribution < -0.4 is 10.6 Å². The van der Waals surface area contributed by atoms with Crippen LogP contribution in [0.5, 0.6) is 0 Å². The van der Waals surface area contributed by atoms with E-state index in [0.717, 1.165) is 13.0 Å². The van der Waals surface area contributed by atoms with Gasteiger partial charge in [-0.05, 0) is 30.5 Å². The fraction of sp³-hybridized carbons (Fsp3) is 0.467. The average molecular weight is 310 g/mol. The molecule has 2 amide bonds. The molecule has 0 atom stereocenters. The van der Waals surface area contributed by atoms with E-state index < -0.39 is 0 Å². The Bertz CT molecular complexity index is 512. The molecule has 0 bridgehead atoms. The number of urea groups is 1. The first-order chi connectivity index (χ1) is 10.0. The van der Waals surface area contributed by atoms with Crippen molar-refractivity contribution in [2.24, 2.45) is 5.92 Å². The Balaban J connectivity index is 2.25. The van der Waals surface area contributed by atoms with Crippen LogP contribution in [-0.4, -0.2) is 25.8 Å². The number of nitrogens with zero attached hydrogens (tertiary/aromatic N) is 1. The summed E-state index contributed by atoms with van der Waals surface area (Å²) in [7, 11) is 0. The Hall–Kier alpha value is -1.77. The highest BCUT2D eigenvalue weighted by Crippen LogP contribution is 2.19. The number of carbonyl (C=O) groups excluding carboxylic acids is 1. The molecular weight excluding hydrogens is 290 g/mol. The number of nitriles is 1. The van der Waals surface area contributed by atoms with Crippen molar-refractivity contribution in [2.45, 2.75) is 20.3 Å². The molecule has 1 rings (SSSR count). The number of rotatable bonds is 7. The normalized spacial score (nSPS) is 10.2. The highest BCUT2D eigenvalue weighted by Gasteiger charge is 2.04. The molecule has 0 fully saturated rings. The molecule has 5 nitrogen and oxygen atoms in total. The first-order valence-electron chi connectivity index (χ1n) is 6.85. The van der Waals surface area contributed by atoms with Gasteiger partial charge >= 0.3 is 6.03 Å². The summed E-state index contributed by atoms with van der Waals surface area (Å²) < 4.78 is 5.42. The van der Waals surface area contributed by atoms with Crippen molar-refractivity contribution in [1.29, 1.82) is 5.26 Å². The first-order valence-corrected chi connectivity index (χ1v) is 7.23. The molecule has 0 spiro atoms. The number of halogens is 1. The largest absolute Gasteiger partial charge is 0.381 e. The summed E-state index contributed by atoms with van der Waals surface area (Å²) in [6.07, 6.45) is 0.758. The Morgan fingerprint density at radius 3 is 2.86 bits per heavy atom.